The van der Waals surface area contributed by atoms with Gasteiger partial charge in [-0.1, -0.05) is 24.3 Å². The summed E-state index contributed by atoms with van der Waals surface area (Å²) in [5.41, 5.74) is 2.32. The molecule has 1 N–H and O–H groups in total. The van der Waals surface area contributed by atoms with Gasteiger partial charge < -0.3 is 24.3 Å². The third-order valence-corrected chi connectivity index (χ3v) is 7.29. The molecule has 1 aliphatic heterocycles. The van der Waals surface area contributed by atoms with E-state index in [1.54, 1.807) is 43.5 Å². The summed E-state index contributed by atoms with van der Waals surface area (Å²) in [7, 11) is 1.54. The summed E-state index contributed by atoms with van der Waals surface area (Å²) in [5, 5.41) is 2.42. The SMILES string of the molecule is CCOc1cc(/C=C2\SC(=O)N(CCOc3ccccc3OC)C2=O)cc(Br)c1OCC(=O)Nc1cccc(C)c1. The molecule has 0 saturated carbocycles. The zero-order chi connectivity index (χ0) is 29.4. The number of aryl methyl sites for hydroxylation is 1. The smallest absolute Gasteiger partial charge is 0.293 e. The van der Waals surface area contributed by atoms with Gasteiger partial charge in [0.25, 0.3) is 17.1 Å². The first-order valence-corrected chi connectivity index (χ1v) is 14.4. The first kappa shape index (κ1) is 30.0. The molecule has 11 heteroatoms. The molecule has 9 nitrogen and oxygen atoms in total. The molecule has 214 valence electrons. The van der Waals surface area contributed by atoms with Crippen molar-refractivity contribution < 1.29 is 33.3 Å². The molecule has 3 amide bonds. The minimum atomic E-state index is -0.411. The maximum Gasteiger partial charge on any atom is 0.293 e. The van der Waals surface area contributed by atoms with Crippen molar-refractivity contribution in [3.63, 3.8) is 0 Å². The summed E-state index contributed by atoms with van der Waals surface area (Å²) in [6.45, 7) is 4.09. The monoisotopic (exact) mass is 640 g/mol. The lowest BCUT2D eigenvalue weighted by atomic mass is 10.2. The van der Waals surface area contributed by atoms with Crippen LogP contribution in [0.3, 0.4) is 0 Å². The molecule has 0 aromatic heterocycles. The van der Waals surface area contributed by atoms with Gasteiger partial charge in [0.05, 0.1) is 29.6 Å². The predicted molar refractivity (Wildman–Crippen MR) is 162 cm³/mol. The van der Waals surface area contributed by atoms with Gasteiger partial charge in [0.2, 0.25) is 0 Å². The lowest BCUT2D eigenvalue weighted by Gasteiger charge is -2.15. The van der Waals surface area contributed by atoms with Gasteiger partial charge in [-0.15, -0.1) is 0 Å². The molecule has 3 aromatic carbocycles. The number of amides is 3. The molecule has 0 spiro atoms. The number of nitrogens with one attached hydrogen (secondary N) is 1. The fourth-order valence-electron chi connectivity index (χ4n) is 3.96. The molecule has 3 aromatic rings. The Kier molecular flexibility index (Phi) is 10.3. The molecule has 0 bridgehead atoms. The molecule has 1 saturated heterocycles. The largest absolute Gasteiger partial charge is 0.493 e. The van der Waals surface area contributed by atoms with Crippen LogP contribution < -0.4 is 24.3 Å². The van der Waals surface area contributed by atoms with Gasteiger partial charge in [-0.05, 0) is 95.1 Å². The van der Waals surface area contributed by atoms with Gasteiger partial charge in [-0.25, -0.2) is 0 Å². The first-order chi connectivity index (χ1) is 19.8. The van der Waals surface area contributed by atoms with E-state index >= 15 is 0 Å². The third-order valence-electron chi connectivity index (χ3n) is 5.79. The molecule has 1 fully saturated rings. The summed E-state index contributed by atoms with van der Waals surface area (Å²) >= 11 is 4.34. The fraction of sp³-hybridized carbons (Fsp3) is 0.233. The number of hydrogen-bond donors (Lipinski definition) is 1. The maximum absolute atomic E-state index is 13.0. The Hall–Kier alpha value is -3.96. The molecule has 1 aliphatic rings. The molecule has 0 aliphatic carbocycles. The number of rotatable bonds is 12. The number of carbonyl (C=O) groups excluding carboxylic acids is 3. The van der Waals surface area contributed by atoms with E-state index in [9.17, 15) is 14.4 Å². The van der Waals surface area contributed by atoms with Crippen molar-refractivity contribution in [2.24, 2.45) is 0 Å². The van der Waals surface area contributed by atoms with Crippen molar-refractivity contribution >= 4 is 56.5 Å². The lowest BCUT2D eigenvalue weighted by Crippen LogP contribution is -2.32. The summed E-state index contributed by atoms with van der Waals surface area (Å²) in [6.07, 6.45) is 1.62. The Morgan fingerprint density at radius 1 is 1.00 bits per heavy atom. The second-order valence-electron chi connectivity index (χ2n) is 8.80. The number of thioether (sulfide) groups is 1. The number of halogens is 1. The Balaban J connectivity index is 1.42. The van der Waals surface area contributed by atoms with Crippen LogP contribution in [0, 0.1) is 6.92 Å². The summed E-state index contributed by atoms with van der Waals surface area (Å²) in [6, 6.07) is 18.1. The highest BCUT2D eigenvalue weighted by atomic mass is 79.9. The van der Waals surface area contributed by atoms with Gasteiger partial charge in [0.15, 0.2) is 29.6 Å². The van der Waals surface area contributed by atoms with E-state index in [0.717, 1.165) is 22.2 Å². The molecular formula is C30H29BrN2O7S. The van der Waals surface area contributed by atoms with Gasteiger partial charge in [-0.3, -0.25) is 19.3 Å². The number of methoxy groups -OCH3 is 1. The first-order valence-electron chi connectivity index (χ1n) is 12.8. The minimum Gasteiger partial charge on any atom is -0.493 e. The zero-order valence-electron chi connectivity index (χ0n) is 22.8. The highest BCUT2D eigenvalue weighted by Gasteiger charge is 2.35. The van der Waals surface area contributed by atoms with Crippen molar-refractivity contribution in [2.45, 2.75) is 13.8 Å². The normalized spacial score (nSPS) is 13.9. The van der Waals surface area contributed by atoms with E-state index in [1.807, 2.05) is 44.2 Å². The number of hydrogen-bond acceptors (Lipinski definition) is 8. The summed E-state index contributed by atoms with van der Waals surface area (Å²) in [5.74, 6) is 1.10. The van der Waals surface area contributed by atoms with E-state index in [4.69, 9.17) is 18.9 Å². The van der Waals surface area contributed by atoms with Crippen molar-refractivity contribution in [1.82, 2.24) is 4.90 Å². The van der Waals surface area contributed by atoms with Crippen LogP contribution in [0.25, 0.3) is 6.08 Å². The molecule has 0 atom stereocenters. The highest BCUT2D eigenvalue weighted by Crippen LogP contribution is 2.39. The Morgan fingerprint density at radius 3 is 2.51 bits per heavy atom. The van der Waals surface area contributed by atoms with Gasteiger partial charge in [-0.2, -0.15) is 0 Å². The van der Waals surface area contributed by atoms with E-state index in [0.29, 0.717) is 45.3 Å². The number of nitrogens with zero attached hydrogens (tertiary/aromatic N) is 1. The van der Waals surface area contributed by atoms with Gasteiger partial charge in [0, 0.05) is 5.69 Å². The van der Waals surface area contributed by atoms with Crippen molar-refractivity contribution in [2.75, 3.05) is 38.8 Å². The predicted octanol–water partition coefficient (Wildman–Crippen LogP) is 6.30. The quantitative estimate of drug-likeness (QED) is 0.230. The average Bonchev–Trinajstić information content (AvgIpc) is 3.20. The number of benzene rings is 3. The minimum absolute atomic E-state index is 0.0886. The van der Waals surface area contributed by atoms with Crippen LogP contribution >= 0.6 is 27.7 Å². The van der Waals surface area contributed by atoms with Crippen molar-refractivity contribution in [1.29, 1.82) is 0 Å². The summed E-state index contributed by atoms with van der Waals surface area (Å²) < 4.78 is 23.1. The van der Waals surface area contributed by atoms with Crippen molar-refractivity contribution in [3.8, 4) is 23.0 Å². The molecular weight excluding hydrogens is 612 g/mol. The van der Waals surface area contributed by atoms with E-state index in [2.05, 4.69) is 21.2 Å². The van der Waals surface area contributed by atoms with Crippen molar-refractivity contribution in [3.05, 3.63) is 81.2 Å². The standard InChI is InChI=1S/C30H29BrN2O7S/c1-4-38-25-16-20(15-22(31)28(25)40-18-27(34)32-21-9-7-8-19(2)14-21)17-26-29(35)33(30(36)41-26)12-13-39-24-11-6-5-10-23(24)37-3/h5-11,14-17H,4,12-13,18H2,1-3H3,(H,32,34)/b26-17-. The number of carbonyl (C=O) groups is 3. The Bertz CT molecular complexity index is 1480. The molecule has 4 rings (SSSR count). The molecule has 0 unspecified atom stereocenters. The molecule has 1 heterocycles. The summed E-state index contributed by atoms with van der Waals surface area (Å²) in [4.78, 5) is 39.5. The van der Waals surface area contributed by atoms with E-state index in [-0.39, 0.29) is 35.8 Å². The molecule has 41 heavy (non-hydrogen) atoms. The van der Waals surface area contributed by atoms with E-state index in [1.165, 1.54) is 0 Å². The topological polar surface area (TPSA) is 103 Å². The average molecular weight is 642 g/mol. The second-order valence-corrected chi connectivity index (χ2v) is 10.6. The zero-order valence-corrected chi connectivity index (χ0v) is 25.2. The number of anilines is 1. The van der Waals surface area contributed by atoms with Crippen LogP contribution in [0.4, 0.5) is 10.5 Å². The number of para-hydroxylation sites is 2. The molecule has 0 radical (unpaired) electrons. The second kappa shape index (κ2) is 14.1. The Labute approximate surface area is 250 Å². The third kappa shape index (κ3) is 7.83. The van der Waals surface area contributed by atoms with Crippen LogP contribution in [0.15, 0.2) is 70.0 Å². The number of ether oxygens (including phenoxy) is 4. The fourth-order valence-corrected chi connectivity index (χ4v) is 5.40. The van der Waals surface area contributed by atoms with Crippen LogP contribution in [0.2, 0.25) is 0 Å². The highest BCUT2D eigenvalue weighted by molar-refractivity contribution is 9.10. The number of imide groups is 1. The van der Waals surface area contributed by atoms with Crippen LogP contribution in [-0.4, -0.2) is 55.4 Å². The van der Waals surface area contributed by atoms with Crippen LogP contribution in [-0.2, 0) is 9.59 Å². The van der Waals surface area contributed by atoms with E-state index < -0.39 is 5.91 Å². The Morgan fingerprint density at radius 2 is 1.78 bits per heavy atom. The van der Waals surface area contributed by atoms with Crippen LogP contribution in [0.1, 0.15) is 18.1 Å². The van der Waals surface area contributed by atoms with Gasteiger partial charge >= 0.3 is 0 Å². The lowest BCUT2D eigenvalue weighted by molar-refractivity contribution is -0.123. The van der Waals surface area contributed by atoms with Gasteiger partial charge in [0.1, 0.15) is 6.61 Å². The van der Waals surface area contributed by atoms with Crippen LogP contribution in [0.5, 0.6) is 23.0 Å². The maximum atomic E-state index is 13.0.